The fourth-order valence-electron chi connectivity index (χ4n) is 1.86. The van der Waals surface area contributed by atoms with Crippen LogP contribution in [0, 0.1) is 6.92 Å². The van der Waals surface area contributed by atoms with E-state index < -0.39 is 0 Å². The highest BCUT2D eigenvalue weighted by atomic mass is 79.9. The summed E-state index contributed by atoms with van der Waals surface area (Å²) in [7, 11) is 0. The molecule has 0 amide bonds. The van der Waals surface area contributed by atoms with Crippen LogP contribution in [0.2, 0.25) is 0 Å². The minimum absolute atomic E-state index is 0.190. The molecule has 0 spiro atoms. The first-order chi connectivity index (χ1) is 8.22. The van der Waals surface area contributed by atoms with Crippen molar-refractivity contribution in [3.63, 3.8) is 0 Å². The number of halogens is 1. The number of benzene rings is 1. The molecule has 1 heterocycles. The van der Waals surface area contributed by atoms with E-state index in [1.165, 1.54) is 11.1 Å². The van der Waals surface area contributed by atoms with Crippen LogP contribution in [-0.2, 0) is 0 Å². The van der Waals surface area contributed by atoms with Gasteiger partial charge in [0, 0.05) is 10.0 Å². The summed E-state index contributed by atoms with van der Waals surface area (Å²) < 4.78 is 6.31. The van der Waals surface area contributed by atoms with Crippen molar-refractivity contribution >= 4 is 15.9 Å². The van der Waals surface area contributed by atoms with Crippen molar-refractivity contribution < 1.29 is 4.42 Å². The molecular formula is C14H16BrNO. The maximum atomic E-state index is 5.17. The van der Waals surface area contributed by atoms with Gasteiger partial charge in [0.2, 0.25) is 0 Å². The van der Waals surface area contributed by atoms with Crippen molar-refractivity contribution in [1.29, 1.82) is 0 Å². The molecule has 0 bridgehead atoms. The zero-order chi connectivity index (χ0) is 12.3. The van der Waals surface area contributed by atoms with E-state index in [-0.39, 0.29) is 6.04 Å². The zero-order valence-electron chi connectivity index (χ0n) is 10.0. The van der Waals surface area contributed by atoms with Crippen LogP contribution in [0.25, 0.3) is 0 Å². The van der Waals surface area contributed by atoms with Crippen molar-refractivity contribution in [3.05, 3.63) is 58.0 Å². The highest BCUT2D eigenvalue weighted by molar-refractivity contribution is 9.10. The topological polar surface area (TPSA) is 25.2 Å². The maximum absolute atomic E-state index is 5.17. The molecule has 1 atom stereocenters. The quantitative estimate of drug-likeness (QED) is 0.920. The summed E-state index contributed by atoms with van der Waals surface area (Å²) in [6.45, 7) is 5.12. The van der Waals surface area contributed by atoms with Gasteiger partial charge in [-0.2, -0.15) is 0 Å². The Labute approximate surface area is 110 Å². The first-order valence-corrected chi connectivity index (χ1v) is 6.53. The predicted octanol–water partition coefficient (Wildman–Crippen LogP) is 4.05. The van der Waals surface area contributed by atoms with E-state index in [1.807, 2.05) is 6.07 Å². The largest absolute Gasteiger partial charge is 0.472 e. The molecule has 90 valence electrons. The van der Waals surface area contributed by atoms with Crippen LogP contribution in [-0.4, -0.2) is 6.54 Å². The van der Waals surface area contributed by atoms with E-state index >= 15 is 0 Å². The zero-order valence-corrected chi connectivity index (χ0v) is 11.6. The summed E-state index contributed by atoms with van der Waals surface area (Å²) in [6, 6.07) is 8.64. The predicted molar refractivity (Wildman–Crippen MR) is 73.1 cm³/mol. The molecule has 0 radical (unpaired) electrons. The highest BCUT2D eigenvalue weighted by Crippen LogP contribution is 2.26. The van der Waals surface area contributed by atoms with Crippen LogP contribution in [0.3, 0.4) is 0 Å². The van der Waals surface area contributed by atoms with Gasteiger partial charge in [-0.3, -0.25) is 0 Å². The highest BCUT2D eigenvalue weighted by Gasteiger charge is 2.14. The van der Waals surface area contributed by atoms with Crippen molar-refractivity contribution in [2.45, 2.75) is 19.9 Å². The number of aryl methyl sites for hydroxylation is 1. The molecule has 0 saturated heterocycles. The molecule has 1 aromatic carbocycles. The summed E-state index contributed by atoms with van der Waals surface area (Å²) in [5.74, 6) is 0. The van der Waals surface area contributed by atoms with Gasteiger partial charge in [-0.05, 0) is 36.7 Å². The van der Waals surface area contributed by atoms with E-state index in [0.717, 1.165) is 16.6 Å². The first kappa shape index (κ1) is 12.4. The Morgan fingerprint density at radius 2 is 2.12 bits per heavy atom. The molecule has 2 rings (SSSR count). The van der Waals surface area contributed by atoms with Gasteiger partial charge >= 0.3 is 0 Å². The van der Waals surface area contributed by atoms with Gasteiger partial charge in [-0.1, -0.05) is 35.0 Å². The Hall–Kier alpha value is -1.06. The lowest BCUT2D eigenvalue weighted by atomic mass is 10.00. The van der Waals surface area contributed by atoms with E-state index in [9.17, 15) is 0 Å². The minimum atomic E-state index is 0.190. The fraction of sp³-hybridized carbons (Fsp3) is 0.286. The van der Waals surface area contributed by atoms with Gasteiger partial charge in [-0.25, -0.2) is 0 Å². The van der Waals surface area contributed by atoms with Gasteiger partial charge in [0.25, 0.3) is 0 Å². The number of furan rings is 1. The summed E-state index contributed by atoms with van der Waals surface area (Å²) in [5.41, 5.74) is 3.64. The average Bonchev–Trinajstić information content (AvgIpc) is 2.83. The number of rotatable bonds is 4. The molecule has 17 heavy (non-hydrogen) atoms. The Bertz CT molecular complexity index is 479. The van der Waals surface area contributed by atoms with Gasteiger partial charge in [-0.15, -0.1) is 0 Å². The third-order valence-electron chi connectivity index (χ3n) is 2.81. The molecule has 1 unspecified atom stereocenters. The monoisotopic (exact) mass is 293 g/mol. The molecule has 3 heteroatoms. The van der Waals surface area contributed by atoms with E-state index in [2.05, 4.69) is 53.3 Å². The standard InChI is InChI=1S/C14H16BrNO/c1-3-16-14(12-6-7-17-9-12)11-5-4-10(2)13(15)8-11/h4-9,14,16H,3H2,1-2H3. The summed E-state index contributed by atoms with van der Waals surface area (Å²) in [4.78, 5) is 0. The molecule has 1 N–H and O–H groups in total. The Kier molecular flexibility index (Phi) is 4.02. The van der Waals surface area contributed by atoms with E-state index in [1.54, 1.807) is 12.5 Å². The summed E-state index contributed by atoms with van der Waals surface area (Å²) >= 11 is 3.58. The second kappa shape index (κ2) is 5.52. The van der Waals surface area contributed by atoms with Crippen LogP contribution in [0.15, 0.2) is 45.7 Å². The van der Waals surface area contributed by atoms with Gasteiger partial charge in [0.05, 0.1) is 18.6 Å². The molecule has 0 aliphatic rings. The van der Waals surface area contributed by atoms with Gasteiger partial charge < -0.3 is 9.73 Å². The lowest BCUT2D eigenvalue weighted by molar-refractivity contribution is 0.553. The lowest BCUT2D eigenvalue weighted by Gasteiger charge is -2.17. The van der Waals surface area contributed by atoms with Crippen LogP contribution in [0.1, 0.15) is 29.7 Å². The Morgan fingerprint density at radius 3 is 2.71 bits per heavy atom. The number of nitrogens with one attached hydrogen (secondary N) is 1. The van der Waals surface area contributed by atoms with Crippen molar-refractivity contribution in [2.75, 3.05) is 6.54 Å². The SMILES string of the molecule is CCNC(c1ccoc1)c1ccc(C)c(Br)c1. The Morgan fingerprint density at radius 1 is 1.29 bits per heavy atom. The average molecular weight is 294 g/mol. The van der Waals surface area contributed by atoms with E-state index in [0.29, 0.717) is 0 Å². The second-order valence-electron chi connectivity index (χ2n) is 4.06. The molecule has 0 fully saturated rings. The summed E-state index contributed by atoms with van der Waals surface area (Å²) in [5, 5.41) is 3.47. The Balaban J connectivity index is 2.35. The normalized spacial score (nSPS) is 12.6. The third-order valence-corrected chi connectivity index (χ3v) is 3.67. The molecule has 1 aromatic heterocycles. The van der Waals surface area contributed by atoms with Crippen LogP contribution < -0.4 is 5.32 Å². The third kappa shape index (κ3) is 2.79. The lowest BCUT2D eigenvalue weighted by Crippen LogP contribution is -2.21. The second-order valence-corrected chi connectivity index (χ2v) is 4.91. The molecule has 0 aliphatic heterocycles. The summed E-state index contributed by atoms with van der Waals surface area (Å²) in [6.07, 6.45) is 3.50. The van der Waals surface area contributed by atoms with Crippen molar-refractivity contribution in [1.82, 2.24) is 5.32 Å². The number of hydrogen-bond donors (Lipinski definition) is 1. The van der Waals surface area contributed by atoms with Gasteiger partial charge in [0.1, 0.15) is 0 Å². The maximum Gasteiger partial charge on any atom is 0.0953 e. The molecular weight excluding hydrogens is 278 g/mol. The first-order valence-electron chi connectivity index (χ1n) is 5.74. The van der Waals surface area contributed by atoms with E-state index in [4.69, 9.17) is 4.42 Å². The smallest absolute Gasteiger partial charge is 0.0953 e. The molecule has 0 saturated carbocycles. The molecule has 0 aliphatic carbocycles. The minimum Gasteiger partial charge on any atom is -0.472 e. The van der Waals surface area contributed by atoms with Crippen LogP contribution >= 0.6 is 15.9 Å². The van der Waals surface area contributed by atoms with Crippen molar-refractivity contribution in [2.24, 2.45) is 0 Å². The number of hydrogen-bond acceptors (Lipinski definition) is 2. The van der Waals surface area contributed by atoms with Gasteiger partial charge in [0.15, 0.2) is 0 Å². The van der Waals surface area contributed by atoms with Crippen LogP contribution in [0.5, 0.6) is 0 Å². The van der Waals surface area contributed by atoms with Crippen molar-refractivity contribution in [3.8, 4) is 0 Å². The fourth-order valence-corrected chi connectivity index (χ4v) is 2.26. The molecule has 2 aromatic rings. The molecule has 2 nitrogen and oxygen atoms in total. The van der Waals surface area contributed by atoms with Crippen LogP contribution in [0.4, 0.5) is 0 Å².